The fraction of sp³-hybridized carbons (Fsp3) is 0.423. The molecule has 2 aromatic carbocycles. The fourth-order valence-electron chi connectivity index (χ4n) is 4.63. The number of likely N-dealkylation sites (N-methyl/N-ethyl adjacent to an activating group) is 1. The quantitative estimate of drug-likeness (QED) is 0.588. The minimum absolute atomic E-state index is 0.0875. The number of benzene rings is 2. The predicted molar refractivity (Wildman–Crippen MR) is 126 cm³/mol. The Morgan fingerprint density at radius 2 is 1.61 bits per heavy atom. The first-order valence-electron chi connectivity index (χ1n) is 11.4. The van der Waals surface area contributed by atoms with Crippen molar-refractivity contribution in [3.05, 3.63) is 59.7 Å². The molecule has 0 heterocycles. The van der Waals surface area contributed by atoms with Crippen LogP contribution in [0.1, 0.15) is 57.6 Å². The highest BCUT2D eigenvalue weighted by Crippen LogP contribution is 2.44. The molecule has 1 aliphatic carbocycles. The Hall–Kier alpha value is -3.35. The molecule has 2 atom stereocenters. The first-order chi connectivity index (χ1) is 15.7. The van der Waals surface area contributed by atoms with E-state index >= 15 is 0 Å². The lowest BCUT2D eigenvalue weighted by Gasteiger charge is -2.36. The number of hydrogen-bond acceptors (Lipinski definition) is 4. The Morgan fingerprint density at radius 1 is 1.06 bits per heavy atom. The normalized spacial score (nSPS) is 15.0. The second-order valence-electron chi connectivity index (χ2n) is 8.64. The third-order valence-electron chi connectivity index (χ3n) is 6.37. The number of fused-ring (bicyclic) bond motifs is 3. The molecule has 33 heavy (non-hydrogen) atoms. The highest BCUT2D eigenvalue weighted by Gasteiger charge is 2.40. The van der Waals surface area contributed by atoms with Crippen LogP contribution in [0.2, 0.25) is 0 Å². The monoisotopic (exact) mass is 452 g/mol. The van der Waals surface area contributed by atoms with Gasteiger partial charge in [0.05, 0.1) is 0 Å². The molecule has 0 aromatic heterocycles. The molecule has 0 saturated carbocycles. The van der Waals surface area contributed by atoms with Gasteiger partial charge in [-0.15, -0.1) is 0 Å². The van der Waals surface area contributed by atoms with E-state index in [9.17, 15) is 19.5 Å². The third-order valence-corrected chi connectivity index (χ3v) is 6.37. The molecule has 7 heteroatoms. The third kappa shape index (κ3) is 4.87. The van der Waals surface area contributed by atoms with Crippen LogP contribution >= 0.6 is 0 Å². The highest BCUT2D eigenvalue weighted by atomic mass is 16.5. The lowest BCUT2D eigenvalue weighted by Crippen LogP contribution is -2.60. The summed E-state index contributed by atoms with van der Waals surface area (Å²) in [5.41, 5.74) is 3.21. The second-order valence-corrected chi connectivity index (χ2v) is 8.64. The lowest BCUT2D eigenvalue weighted by molar-refractivity contribution is -0.152. The van der Waals surface area contributed by atoms with Crippen molar-refractivity contribution in [3.8, 4) is 11.1 Å². The van der Waals surface area contributed by atoms with Crippen LogP contribution in [0.25, 0.3) is 11.1 Å². The van der Waals surface area contributed by atoms with Crippen LogP contribution in [-0.4, -0.2) is 52.7 Å². The van der Waals surface area contributed by atoms with E-state index in [1.807, 2.05) is 43.3 Å². The number of alkyl carbamates (subject to hydrolysis) is 1. The Balaban J connectivity index is 1.74. The topological polar surface area (TPSA) is 95.9 Å². The molecule has 3 rings (SSSR count). The molecule has 176 valence electrons. The van der Waals surface area contributed by atoms with Gasteiger partial charge in [-0.25, -0.2) is 9.59 Å². The first kappa shape index (κ1) is 24.3. The molecule has 0 bridgehead atoms. The summed E-state index contributed by atoms with van der Waals surface area (Å²) in [6, 6.07) is 15.1. The summed E-state index contributed by atoms with van der Waals surface area (Å²) in [6.07, 6.45) is 0.296. The minimum Gasteiger partial charge on any atom is -0.480 e. The maximum absolute atomic E-state index is 13.2. The summed E-state index contributed by atoms with van der Waals surface area (Å²) < 4.78 is 5.62. The molecule has 0 fully saturated rings. The van der Waals surface area contributed by atoms with Gasteiger partial charge >= 0.3 is 12.1 Å². The van der Waals surface area contributed by atoms with Gasteiger partial charge in [-0.2, -0.15) is 0 Å². The predicted octanol–water partition coefficient (Wildman–Crippen LogP) is 4.41. The van der Waals surface area contributed by atoms with E-state index in [0.29, 0.717) is 12.8 Å². The zero-order valence-electron chi connectivity index (χ0n) is 19.6. The van der Waals surface area contributed by atoms with Gasteiger partial charge in [-0.1, -0.05) is 61.9 Å². The highest BCUT2D eigenvalue weighted by molar-refractivity contribution is 5.92. The maximum atomic E-state index is 13.2. The Kier molecular flexibility index (Phi) is 7.41. The SMILES string of the molecule is CCCC(C)(NC(=O)OCC1c2ccccc2-c2ccccc21)C(=O)N(CC)C(C)C(=O)O. The smallest absolute Gasteiger partial charge is 0.408 e. The van der Waals surface area contributed by atoms with Crippen LogP contribution in [0, 0.1) is 0 Å². The molecular weight excluding hydrogens is 420 g/mol. The van der Waals surface area contributed by atoms with Crippen LogP contribution in [0.4, 0.5) is 4.79 Å². The fourth-order valence-corrected chi connectivity index (χ4v) is 4.63. The van der Waals surface area contributed by atoms with Crippen LogP contribution in [0.15, 0.2) is 48.5 Å². The van der Waals surface area contributed by atoms with Crippen LogP contribution in [0.3, 0.4) is 0 Å². The Morgan fingerprint density at radius 3 is 2.09 bits per heavy atom. The summed E-state index contributed by atoms with van der Waals surface area (Å²) in [4.78, 5) is 38.8. The molecule has 1 aliphatic rings. The average Bonchev–Trinajstić information content (AvgIpc) is 3.12. The molecule has 7 nitrogen and oxygen atoms in total. The molecule has 0 spiro atoms. The number of carboxylic acid groups (broad SMARTS) is 1. The van der Waals surface area contributed by atoms with Crippen molar-refractivity contribution in [1.82, 2.24) is 10.2 Å². The van der Waals surface area contributed by atoms with Crippen molar-refractivity contribution in [2.45, 2.75) is 58.0 Å². The lowest BCUT2D eigenvalue weighted by atomic mass is 9.93. The van der Waals surface area contributed by atoms with Gasteiger partial charge in [0.1, 0.15) is 18.2 Å². The Bertz CT molecular complexity index is 991. The van der Waals surface area contributed by atoms with Gasteiger partial charge in [-0.3, -0.25) is 4.79 Å². The number of ether oxygens (including phenoxy) is 1. The number of amides is 2. The van der Waals surface area contributed by atoms with Crippen molar-refractivity contribution < 1.29 is 24.2 Å². The van der Waals surface area contributed by atoms with E-state index in [4.69, 9.17) is 4.74 Å². The van der Waals surface area contributed by atoms with Crippen molar-refractivity contribution in [2.75, 3.05) is 13.2 Å². The number of rotatable bonds is 9. The van der Waals surface area contributed by atoms with Gasteiger partial charge in [0.15, 0.2) is 0 Å². The first-order valence-corrected chi connectivity index (χ1v) is 11.4. The molecular formula is C26H32N2O5. The summed E-state index contributed by atoms with van der Waals surface area (Å²) >= 11 is 0. The molecule has 2 unspecified atom stereocenters. The second kappa shape index (κ2) is 10.1. The molecule has 2 N–H and O–H groups in total. The van der Waals surface area contributed by atoms with Crippen molar-refractivity contribution in [2.24, 2.45) is 0 Å². The number of carbonyl (C=O) groups is 3. The van der Waals surface area contributed by atoms with E-state index in [-0.39, 0.29) is 19.1 Å². The van der Waals surface area contributed by atoms with E-state index in [1.165, 1.54) is 11.8 Å². The van der Waals surface area contributed by atoms with E-state index in [0.717, 1.165) is 22.3 Å². The van der Waals surface area contributed by atoms with Gasteiger partial charge in [0, 0.05) is 12.5 Å². The standard InChI is InChI=1S/C26H32N2O5/c1-5-15-26(4,24(31)28(6-2)17(3)23(29)30)27-25(32)33-16-22-20-13-9-7-11-18(20)19-12-8-10-14-21(19)22/h7-14,17,22H,5-6,15-16H2,1-4H3,(H,27,32)(H,29,30). The zero-order valence-corrected chi connectivity index (χ0v) is 19.6. The van der Waals surface area contributed by atoms with E-state index in [1.54, 1.807) is 13.8 Å². The number of nitrogens with one attached hydrogen (secondary N) is 1. The molecule has 0 saturated heterocycles. The Labute approximate surface area is 194 Å². The number of nitrogens with zero attached hydrogens (tertiary/aromatic N) is 1. The maximum Gasteiger partial charge on any atom is 0.408 e. The molecule has 2 amide bonds. The zero-order chi connectivity index (χ0) is 24.2. The van der Waals surface area contributed by atoms with E-state index < -0.39 is 29.6 Å². The van der Waals surface area contributed by atoms with Crippen LogP contribution < -0.4 is 5.32 Å². The largest absolute Gasteiger partial charge is 0.480 e. The van der Waals surface area contributed by atoms with Crippen molar-refractivity contribution in [3.63, 3.8) is 0 Å². The van der Waals surface area contributed by atoms with E-state index in [2.05, 4.69) is 17.4 Å². The summed E-state index contributed by atoms with van der Waals surface area (Å²) in [5, 5.41) is 12.1. The molecule has 0 radical (unpaired) electrons. The van der Waals surface area contributed by atoms with Gasteiger partial charge in [0.2, 0.25) is 5.91 Å². The molecule has 2 aromatic rings. The summed E-state index contributed by atoms with van der Waals surface area (Å²) in [7, 11) is 0. The number of carboxylic acids is 1. The minimum atomic E-state index is -1.27. The number of carbonyl (C=O) groups excluding carboxylic acids is 2. The van der Waals surface area contributed by atoms with Crippen molar-refractivity contribution >= 4 is 18.0 Å². The van der Waals surface area contributed by atoms with Crippen molar-refractivity contribution in [1.29, 1.82) is 0 Å². The number of hydrogen-bond donors (Lipinski definition) is 2. The van der Waals surface area contributed by atoms with Gasteiger partial charge < -0.3 is 20.1 Å². The van der Waals surface area contributed by atoms with Gasteiger partial charge in [0.25, 0.3) is 0 Å². The summed E-state index contributed by atoms with van der Waals surface area (Å²) in [6.45, 7) is 7.07. The summed E-state index contributed by atoms with van der Waals surface area (Å²) in [5.74, 6) is -1.61. The molecule has 0 aliphatic heterocycles. The average molecular weight is 453 g/mol. The van der Waals surface area contributed by atoms with Crippen LogP contribution in [0.5, 0.6) is 0 Å². The van der Waals surface area contributed by atoms with Crippen LogP contribution in [-0.2, 0) is 14.3 Å². The number of aliphatic carboxylic acids is 1. The van der Waals surface area contributed by atoms with Gasteiger partial charge in [-0.05, 0) is 49.4 Å².